The number of likely N-dealkylation sites (tertiary alicyclic amines) is 1. The fourth-order valence-electron chi connectivity index (χ4n) is 2.27. The Morgan fingerprint density at radius 2 is 2.17 bits per heavy atom. The van der Waals surface area contributed by atoms with Crippen LogP contribution >= 0.6 is 0 Å². The zero-order valence-corrected chi connectivity index (χ0v) is 10.2. The second-order valence-corrected chi connectivity index (χ2v) is 4.89. The first kappa shape index (κ1) is 11.3. The third-order valence-electron chi connectivity index (χ3n) is 3.55. The summed E-state index contributed by atoms with van der Waals surface area (Å²) in [6.07, 6.45) is 0.664. The monoisotopic (exact) mass is 245 g/mol. The maximum Gasteiger partial charge on any atom is 0.289 e. The van der Waals surface area contributed by atoms with Gasteiger partial charge in [0.1, 0.15) is 5.58 Å². The summed E-state index contributed by atoms with van der Waals surface area (Å²) in [7, 11) is 0. The van der Waals surface area contributed by atoms with Gasteiger partial charge in [-0.2, -0.15) is 0 Å². The number of para-hydroxylation sites is 1. The standard InChI is InChI=1S/C14H15NO3/c1-2-14(17)8-15(9-14)13(16)12-7-10-5-3-4-6-11(10)18-12/h3-7,17H,2,8-9H2,1H3. The van der Waals surface area contributed by atoms with Crippen LogP contribution in [0.1, 0.15) is 23.9 Å². The average Bonchev–Trinajstić information content (AvgIpc) is 2.77. The molecule has 1 aliphatic rings. The molecule has 1 aromatic carbocycles. The highest BCUT2D eigenvalue weighted by Crippen LogP contribution is 2.27. The van der Waals surface area contributed by atoms with Gasteiger partial charge in [0.05, 0.1) is 18.7 Å². The molecule has 1 N–H and O–H groups in total. The van der Waals surface area contributed by atoms with E-state index in [9.17, 15) is 9.90 Å². The molecular formula is C14H15NO3. The van der Waals surface area contributed by atoms with Crippen LogP contribution in [0.5, 0.6) is 0 Å². The molecule has 1 aliphatic heterocycles. The summed E-state index contributed by atoms with van der Waals surface area (Å²) in [6, 6.07) is 9.28. The number of nitrogens with zero attached hydrogens (tertiary/aromatic N) is 1. The Labute approximate surface area is 105 Å². The van der Waals surface area contributed by atoms with Crippen LogP contribution in [0.15, 0.2) is 34.7 Å². The van der Waals surface area contributed by atoms with Gasteiger partial charge in [-0.05, 0) is 18.6 Å². The van der Waals surface area contributed by atoms with Crippen molar-refractivity contribution in [2.45, 2.75) is 18.9 Å². The van der Waals surface area contributed by atoms with E-state index in [1.54, 1.807) is 11.0 Å². The molecule has 0 saturated carbocycles. The summed E-state index contributed by atoms with van der Waals surface area (Å²) in [5.41, 5.74) is 0.00826. The summed E-state index contributed by atoms with van der Waals surface area (Å²) in [6.45, 7) is 2.70. The molecule has 0 bridgehead atoms. The molecular weight excluding hydrogens is 230 g/mol. The van der Waals surface area contributed by atoms with Crippen LogP contribution in [0.2, 0.25) is 0 Å². The van der Waals surface area contributed by atoms with E-state index in [0.717, 1.165) is 5.39 Å². The van der Waals surface area contributed by atoms with Crippen molar-refractivity contribution in [3.8, 4) is 0 Å². The molecule has 1 fully saturated rings. The fraction of sp³-hybridized carbons (Fsp3) is 0.357. The van der Waals surface area contributed by atoms with Gasteiger partial charge in [0.2, 0.25) is 0 Å². The molecule has 4 heteroatoms. The third-order valence-corrected chi connectivity index (χ3v) is 3.55. The van der Waals surface area contributed by atoms with Crippen molar-refractivity contribution in [3.63, 3.8) is 0 Å². The number of hydrogen-bond donors (Lipinski definition) is 1. The molecule has 0 unspecified atom stereocenters. The SMILES string of the molecule is CCC1(O)CN(C(=O)c2cc3ccccc3o2)C1. The minimum atomic E-state index is -0.707. The number of rotatable bonds is 2. The highest BCUT2D eigenvalue weighted by Gasteiger charge is 2.42. The van der Waals surface area contributed by atoms with Gasteiger partial charge >= 0.3 is 0 Å². The topological polar surface area (TPSA) is 53.7 Å². The van der Waals surface area contributed by atoms with Crippen molar-refractivity contribution in [1.29, 1.82) is 0 Å². The van der Waals surface area contributed by atoms with E-state index in [0.29, 0.717) is 30.9 Å². The van der Waals surface area contributed by atoms with E-state index in [1.807, 2.05) is 31.2 Å². The van der Waals surface area contributed by atoms with Crippen molar-refractivity contribution in [2.75, 3.05) is 13.1 Å². The molecule has 18 heavy (non-hydrogen) atoms. The molecule has 0 aliphatic carbocycles. The lowest BCUT2D eigenvalue weighted by atomic mass is 9.91. The van der Waals surface area contributed by atoms with Gasteiger partial charge in [-0.1, -0.05) is 25.1 Å². The third kappa shape index (κ3) is 1.69. The number of furan rings is 1. The van der Waals surface area contributed by atoms with Crippen LogP contribution in [0.3, 0.4) is 0 Å². The van der Waals surface area contributed by atoms with Crippen LogP contribution in [-0.4, -0.2) is 34.6 Å². The number of carbonyl (C=O) groups is 1. The molecule has 0 spiro atoms. The number of β-amino-alcohol motifs (C(OH)–C–C–N with tert-alkyl or cyclic N) is 1. The second-order valence-electron chi connectivity index (χ2n) is 4.89. The number of aliphatic hydroxyl groups is 1. The van der Waals surface area contributed by atoms with Crippen LogP contribution in [-0.2, 0) is 0 Å². The normalized spacial score (nSPS) is 17.8. The van der Waals surface area contributed by atoms with Gasteiger partial charge in [0.25, 0.3) is 5.91 Å². The smallest absolute Gasteiger partial charge is 0.289 e. The Kier molecular flexibility index (Phi) is 2.41. The van der Waals surface area contributed by atoms with Gasteiger partial charge in [0.15, 0.2) is 5.76 Å². The van der Waals surface area contributed by atoms with E-state index >= 15 is 0 Å². The number of amides is 1. The quantitative estimate of drug-likeness (QED) is 0.880. The van der Waals surface area contributed by atoms with Crippen molar-refractivity contribution in [1.82, 2.24) is 4.90 Å². The van der Waals surface area contributed by atoms with Gasteiger partial charge in [0, 0.05) is 5.39 Å². The van der Waals surface area contributed by atoms with E-state index < -0.39 is 5.60 Å². The summed E-state index contributed by atoms with van der Waals surface area (Å²) in [5, 5.41) is 10.8. The van der Waals surface area contributed by atoms with Crippen LogP contribution < -0.4 is 0 Å². The molecule has 1 saturated heterocycles. The van der Waals surface area contributed by atoms with E-state index in [2.05, 4.69) is 0 Å². The van der Waals surface area contributed by atoms with Gasteiger partial charge in [-0.3, -0.25) is 4.79 Å². The summed E-state index contributed by atoms with van der Waals surface area (Å²) in [4.78, 5) is 13.7. The molecule has 2 heterocycles. The molecule has 1 aromatic heterocycles. The summed E-state index contributed by atoms with van der Waals surface area (Å²) < 4.78 is 5.52. The van der Waals surface area contributed by atoms with Gasteiger partial charge in [-0.15, -0.1) is 0 Å². The predicted octanol–water partition coefficient (Wildman–Crippen LogP) is 2.03. The zero-order chi connectivity index (χ0) is 12.8. The molecule has 2 aromatic rings. The molecule has 3 rings (SSSR count). The molecule has 94 valence electrons. The lowest BCUT2D eigenvalue weighted by Crippen LogP contribution is -2.63. The fourth-order valence-corrected chi connectivity index (χ4v) is 2.27. The van der Waals surface area contributed by atoms with E-state index in [-0.39, 0.29) is 5.91 Å². The minimum Gasteiger partial charge on any atom is -0.451 e. The van der Waals surface area contributed by atoms with Gasteiger partial charge in [-0.25, -0.2) is 0 Å². The largest absolute Gasteiger partial charge is 0.451 e. The van der Waals surface area contributed by atoms with E-state index in [1.165, 1.54) is 0 Å². The first-order valence-electron chi connectivity index (χ1n) is 6.11. The number of hydrogen-bond acceptors (Lipinski definition) is 3. The van der Waals surface area contributed by atoms with Crippen LogP contribution in [0.25, 0.3) is 11.0 Å². The summed E-state index contributed by atoms with van der Waals surface area (Å²) in [5.74, 6) is 0.193. The second kappa shape index (κ2) is 3.85. The Morgan fingerprint density at radius 1 is 1.44 bits per heavy atom. The summed E-state index contributed by atoms with van der Waals surface area (Å²) >= 11 is 0. The predicted molar refractivity (Wildman–Crippen MR) is 67.4 cm³/mol. The van der Waals surface area contributed by atoms with E-state index in [4.69, 9.17) is 4.42 Å². The highest BCUT2D eigenvalue weighted by molar-refractivity contribution is 5.96. The zero-order valence-electron chi connectivity index (χ0n) is 10.2. The van der Waals surface area contributed by atoms with Crippen molar-refractivity contribution in [3.05, 3.63) is 36.1 Å². The highest BCUT2D eigenvalue weighted by atomic mass is 16.3. The Balaban J connectivity index is 1.81. The lowest BCUT2D eigenvalue weighted by Gasteiger charge is -2.45. The molecule has 0 atom stereocenters. The maximum atomic E-state index is 12.1. The van der Waals surface area contributed by atoms with Crippen molar-refractivity contribution in [2.24, 2.45) is 0 Å². The van der Waals surface area contributed by atoms with Crippen LogP contribution in [0, 0.1) is 0 Å². The minimum absolute atomic E-state index is 0.149. The molecule has 0 radical (unpaired) electrons. The molecule has 4 nitrogen and oxygen atoms in total. The average molecular weight is 245 g/mol. The van der Waals surface area contributed by atoms with Crippen molar-refractivity contribution >= 4 is 16.9 Å². The maximum absolute atomic E-state index is 12.1. The molecule has 1 amide bonds. The Hall–Kier alpha value is -1.81. The lowest BCUT2D eigenvalue weighted by molar-refractivity contribution is -0.0834. The number of carbonyl (C=O) groups excluding carboxylic acids is 1. The number of benzene rings is 1. The van der Waals surface area contributed by atoms with Gasteiger partial charge < -0.3 is 14.4 Å². The Morgan fingerprint density at radius 3 is 2.83 bits per heavy atom. The Bertz CT molecular complexity index is 563. The van der Waals surface area contributed by atoms with Crippen molar-refractivity contribution < 1.29 is 14.3 Å². The first-order chi connectivity index (χ1) is 8.61. The van der Waals surface area contributed by atoms with Crippen LogP contribution in [0.4, 0.5) is 0 Å². The first-order valence-corrected chi connectivity index (χ1v) is 6.11. The number of fused-ring (bicyclic) bond motifs is 1.